The molecule has 1 N–H and O–H groups in total. The zero-order valence-electron chi connectivity index (χ0n) is 10.4. The molecule has 0 bridgehead atoms. The fourth-order valence-electron chi connectivity index (χ4n) is 1.42. The molecule has 7 heteroatoms. The van der Waals surface area contributed by atoms with Gasteiger partial charge in [-0.25, -0.2) is 0 Å². The molecule has 0 aromatic heterocycles. The summed E-state index contributed by atoms with van der Waals surface area (Å²) in [6.45, 7) is 1.95. The molecule has 1 aromatic carbocycles. The Hall–Kier alpha value is -2.31. The van der Waals surface area contributed by atoms with Crippen molar-refractivity contribution in [3.63, 3.8) is 0 Å². The van der Waals surface area contributed by atoms with Gasteiger partial charge in [-0.1, -0.05) is 0 Å². The molecule has 1 rings (SSSR count). The Bertz CT molecular complexity index is 473. The van der Waals surface area contributed by atoms with Crippen LogP contribution in [-0.2, 0) is 4.74 Å². The highest BCUT2D eigenvalue weighted by atomic mass is 16.6. The Morgan fingerprint density at radius 2 is 1.89 bits per heavy atom. The number of rotatable bonds is 5. The average molecular weight is 254 g/mol. The van der Waals surface area contributed by atoms with Crippen LogP contribution in [0.3, 0.4) is 0 Å². The number of ether oxygens (including phenoxy) is 3. The number of nitro groups is 1. The number of hydrogen-bond donors (Lipinski definition) is 1. The Morgan fingerprint density at radius 1 is 1.33 bits per heavy atom. The summed E-state index contributed by atoms with van der Waals surface area (Å²) >= 11 is 0. The molecule has 98 valence electrons. The predicted octanol–water partition coefficient (Wildman–Crippen LogP) is 1.97. The highest BCUT2D eigenvalue weighted by molar-refractivity contribution is 5.96. The van der Waals surface area contributed by atoms with Crippen LogP contribution in [0, 0.1) is 15.5 Å². The minimum absolute atomic E-state index is 0.0551. The van der Waals surface area contributed by atoms with Crippen LogP contribution in [-0.4, -0.2) is 31.6 Å². The van der Waals surface area contributed by atoms with Crippen LogP contribution in [0.2, 0.25) is 0 Å². The van der Waals surface area contributed by atoms with Crippen molar-refractivity contribution in [3.8, 4) is 11.5 Å². The lowest BCUT2D eigenvalue weighted by Crippen LogP contribution is -2.09. The van der Waals surface area contributed by atoms with Crippen molar-refractivity contribution in [2.24, 2.45) is 0 Å². The molecule has 0 spiro atoms. The van der Waals surface area contributed by atoms with Gasteiger partial charge < -0.3 is 14.2 Å². The SMILES string of the molecule is CCOC(=N)c1cc(OC)c(OC)cc1[N+](=O)[O-]. The van der Waals surface area contributed by atoms with Gasteiger partial charge in [-0.3, -0.25) is 15.5 Å². The molecule has 0 heterocycles. The summed E-state index contributed by atoms with van der Waals surface area (Å²) < 4.78 is 15.0. The largest absolute Gasteiger partial charge is 0.493 e. The van der Waals surface area contributed by atoms with Crippen molar-refractivity contribution in [1.29, 1.82) is 5.41 Å². The normalized spacial score (nSPS) is 9.72. The van der Waals surface area contributed by atoms with E-state index in [2.05, 4.69) is 0 Å². The van der Waals surface area contributed by atoms with Crippen LogP contribution >= 0.6 is 0 Å². The van der Waals surface area contributed by atoms with Crippen LogP contribution in [0.25, 0.3) is 0 Å². The van der Waals surface area contributed by atoms with Gasteiger partial charge in [0, 0.05) is 6.07 Å². The molecule has 0 aliphatic rings. The van der Waals surface area contributed by atoms with Crippen molar-refractivity contribution < 1.29 is 19.1 Å². The van der Waals surface area contributed by atoms with Gasteiger partial charge in [-0.15, -0.1) is 0 Å². The second kappa shape index (κ2) is 5.85. The van der Waals surface area contributed by atoms with Crippen molar-refractivity contribution in [2.75, 3.05) is 20.8 Å². The molecular formula is C11H14N2O5. The summed E-state index contributed by atoms with van der Waals surface area (Å²) in [5.74, 6) is 0.268. The lowest BCUT2D eigenvalue weighted by atomic mass is 10.1. The van der Waals surface area contributed by atoms with Gasteiger partial charge in [-0.2, -0.15) is 0 Å². The highest BCUT2D eigenvalue weighted by Gasteiger charge is 2.23. The van der Waals surface area contributed by atoms with E-state index in [1.165, 1.54) is 26.4 Å². The van der Waals surface area contributed by atoms with Gasteiger partial charge in [0.1, 0.15) is 5.56 Å². The van der Waals surface area contributed by atoms with Gasteiger partial charge in [0.15, 0.2) is 11.5 Å². The second-order valence-corrected chi connectivity index (χ2v) is 3.24. The minimum atomic E-state index is -0.592. The summed E-state index contributed by atoms with van der Waals surface area (Å²) in [5.41, 5.74) is -0.203. The van der Waals surface area contributed by atoms with E-state index in [-0.39, 0.29) is 29.5 Å². The van der Waals surface area contributed by atoms with Gasteiger partial charge in [-0.05, 0) is 6.92 Å². The van der Waals surface area contributed by atoms with E-state index in [0.29, 0.717) is 5.75 Å². The zero-order valence-corrected chi connectivity index (χ0v) is 10.4. The third-order valence-electron chi connectivity index (χ3n) is 2.23. The molecule has 0 aliphatic heterocycles. The molecule has 0 radical (unpaired) electrons. The molecule has 0 saturated carbocycles. The van der Waals surface area contributed by atoms with Crippen LogP contribution in [0.15, 0.2) is 12.1 Å². The molecule has 0 aliphatic carbocycles. The van der Waals surface area contributed by atoms with Crippen LogP contribution < -0.4 is 9.47 Å². The maximum absolute atomic E-state index is 11.0. The van der Waals surface area contributed by atoms with E-state index in [9.17, 15) is 10.1 Å². The molecule has 18 heavy (non-hydrogen) atoms. The third-order valence-corrected chi connectivity index (χ3v) is 2.23. The van der Waals surface area contributed by atoms with E-state index in [1.807, 2.05) is 0 Å². The number of nitrogens with zero attached hydrogens (tertiary/aromatic N) is 1. The highest BCUT2D eigenvalue weighted by Crippen LogP contribution is 2.34. The quantitative estimate of drug-likeness (QED) is 0.375. The van der Waals surface area contributed by atoms with Crippen LogP contribution in [0.4, 0.5) is 5.69 Å². The van der Waals surface area contributed by atoms with E-state index in [4.69, 9.17) is 19.6 Å². The van der Waals surface area contributed by atoms with Gasteiger partial charge >= 0.3 is 0 Å². The molecule has 0 atom stereocenters. The van der Waals surface area contributed by atoms with Gasteiger partial charge in [0.25, 0.3) is 5.69 Å². The topological polar surface area (TPSA) is 94.7 Å². The van der Waals surface area contributed by atoms with Crippen molar-refractivity contribution in [2.45, 2.75) is 6.92 Å². The summed E-state index contributed by atoms with van der Waals surface area (Å²) in [7, 11) is 2.80. The summed E-state index contributed by atoms with van der Waals surface area (Å²) in [4.78, 5) is 10.4. The lowest BCUT2D eigenvalue weighted by Gasteiger charge is -2.11. The number of methoxy groups -OCH3 is 2. The molecule has 0 unspecified atom stereocenters. The first-order valence-corrected chi connectivity index (χ1v) is 5.17. The smallest absolute Gasteiger partial charge is 0.286 e. The lowest BCUT2D eigenvalue weighted by molar-refractivity contribution is -0.385. The number of hydrogen-bond acceptors (Lipinski definition) is 6. The monoisotopic (exact) mass is 254 g/mol. The standard InChI is InChI=1S/C11H14N2O5/c1-4-18-11(12)7-5-9(16-2)10(17-3)6-8(7)13(14)15/h5-6,12H,4H2,1-3H3. The minimum Gasteiger partial charge on any atom is -0.493 e. The summed E-state index contributed by atoms with van der Waals surface area (Å²) in [5, 5.41) is 18.6. The van der Waals surface area contributed by atoms with Crippen LogP contribution in [0.5, 0.6) is 11.5 Å². The van der Waals surface area contributed by atoms with E-state index in [1.54, 1.807) is 6.92 Å². The maximum Gasteiger partial charge on any atom is 0.286 e. The summed E-state index contributed by atoms with van der Waals surface area (Å²) in [6, 6.07) is 2.57. The number of nitrogens with one attached hydrogen (secondary N) is 1. The molecular weight excluding hydrogens is 240 g/mol. The zero-order chi connectivity index (χ0) is 13.7. The van der Waals surface area contributed by atoms with Crippen LogP contribution in [0.1, 0.15) is 12.5 Å². The van der Waals surface area contributed by atoms with Crippen molar-refractivity contribution in [3.05, 3.63) is 27.8 Å². The molecule has 0 saturated heterocycles. The second-order valence-electron chi connectivity index (χ2n) is 3.24. The third kappa shape index (κ3) is 2.68. The molecule has 0 fully saturated rings. The number of nitro benzene ring substituents is 1. The Labute approximate surface area is 104 Å². The first-order valence-electron chi connectivity index (χ1n) is 5.17. The van der Waals surface area contributed by atoms with E-state index < -0.39 is 4.92 Å². The Morgan fingerprint density at radius 3 is 2.33 bits per heavy atom. The van der Waals surface area contributed by atoms with E-state index in [0.717, 1.165) is 0 Å². The number of benzene rings is 1. The summed E-state index contributed by atoms with van der Waals surface area (Å²) in [6.07, 6.45) is 0. The van der Waals surface area contributed by atoms with Crippen molar-refractivity contribution >= 4 is 11.6 Å². The Kier molecular flexibility index (Phi) is 4.47. The van der Waals surface area contributed by atoms with Crippen molar-refractivity contribution in [1.82, 2.24) is 0 Å². The maximum atomic E-state index is 11.0. The Balaban J connectivity index is 3.37. The first-order chi connectivity index (χ1) is 8.54. The molecule has 0 amide bonds. The predicted molar refractivity (Wildman–Crippen MR) is 64.7 cm³/mol. The van der Waals surface area contributed by atoms with Gasteiger partial charge in [0.05, 0.1) is 31.8 Å². The van der Waals surface area contributed by atoms with E-state index >= 15 is 0 Å². The average Bonchev–Trinajstić information content (AvgIpc) is 2.37. The molecule has 7 nitrogen and oxygen atoms in total. The fourth-order valence-corrected chi connectivity index (χ4v) is 1.42. The fraction of sp³-hybridized carbons (Fsp3) is 0.364. The van der Waals surface area contributed by atoms with Gasteiger partial charge in [0.2, 0.25) is 5.90 Å². The molecule has 1 aromatic rings. The first kappa shape index (κ1) is 13.8.